The molecule has 0 heterocycles. The number of nitrogens with two attached hydrogens (primary N) is 1. The van der Waals surface area contributed by atoms with Gasteiger partial charge in [-0.25, -0.2) is 4.79 Å². The van der Waals surface area contributed by atoms with Crippen LogP contribution in [-0.2, 0) is 6.61 Å². The van der Waals surface area contributed by atoms with E-state index in [1.54, 1.807) is 24.3 Å². The molecule has 4 N–H and O–H groups in total. The van der Waals surface area contributed by atoms with Gasteiger partial charge in [0.15, 0.2) is 0 Å². The second kappa shape index (κ2) is 5.41. The van der Waals surface area contributed by atoms with Crippen molar-refractivity contribution in [2.24, 2.45) is 0 Å². The third-order valence-electron chi connectivity index (χ3n) is 2.60. The van der Waals surface area contributed by atoms with E-state index in [9.17, 15) is 9.90 Å². The molecule has 0 bridgehead atoms. The lowest BCUT2D eigenvalue weighted by atomic mass is 10.1. The van der Waals surface area contributed by atoms with Gasteiger partial charge in [-0.3, -0.25) is 0 Å². The van der Waals surface area contributed by atoms with Crippen molar-refractivity contribution in [3.05, 3.63) is 53.6 Å². The molecular formula is C14H13NO4. The summed E-state index contributed by atoms with van der Waals surface area (Å²) in [6.45, 7) is -0.194. The molecule has 0 atom stereocenters. The third kappa shape index (κ3) is 2.83. The van der Waals surface area contributed by atoms with Crippen LogP contribution in [0.2, 0.25) is 0 Å². The maximum Gasteiger partial charge on any atom is 0.339 e. The van der Waals surface area contributed by atoms with Gasteiger partial charge in [-0.1, -0.05) is 18.2 Å². The minimum absolute atomic E-state index is 0.0157. The Morgan fingerprint density at radius 1 is 1.16 bits per heavy atom. The van der Waals surface area contributed by atoms with E-state index >= 15 is 0 Å². The summed E-state index contributed by atoms with van der Waals surface area (Å²) >= 11 is 0. The number of hydrogen-bond acceptors (Lipinski definition) is 4. The maximum absolute atomic E-state index is 11.1. The van der Waals surface area contributed by atoms with Gasteiger partial charge < -0.3 is 20.7 Å². The molecule has 0 fully saturated rings. The summed E-state index contributed by atoms with van der Waals surface area (Å²) in [6.07, 6.45) is 0. The Balaban J connectivity index is 2.42. The number of para-hydroxylation sites is 1. The number of aromatic carboxylic acids is 1. The predicted molar refractivity (Wildman–Crippen MR) is 70.3 cm³/mol. The number of benzene rings is 2. The van der Waals surface area contributed by atoms with Gasteiger partial charge in [0, 0.05) is 17.3 Å². The predicted octanol–water partition coefficient (Wildman–Crippen LogP) is 2.25. The molecule has 2 aromatic rings. The Hall–Kier alpha value is -2.53. The summed E-state index contributed by atoms with van der Waals surface area (Å²) in [4.78, 5) is 11.1. The van der Waals surface area contributed by atoms with Crippen LogP contribution in [0.15, 0.2) is 42.5 Å². The second-order valence-corrected chi connectivity index (χ2v) is 3.93. The first-order valence-corrected chi connectivity index (χ1v) is 5.61. The van der Waals surface area contributed by atoms with Crippen molar-refractivity contribution in [2.45, 2.75) is 6.61 Å². The van der Waals surface area contributed by atoms with E-state index in [1.807, 2.05) is 0 Å². The summed E-state index contributed by atoms with van der Waals surface area (Å²) < 4.78 is 5.55. The SMILES string of the molecule is Nc1ccc(C(=O)O)c(Oc2ccccc2CO)c1. The first-order chi connectivity index (χ1) is 9.11. The zero-order chi connectivity index (χ0) is 13.8. The molecular weight excluding hydrogens is 246 g/mol. The van der Waals surface area contributed by atoms with E-state index in [1.165, 1.54) is 18.2 Å². The van der Waals surface area contributed by atoms with Crippen LogP contribution in [0.1, 0.15) is 15.9 Å². The van der Waals surface area contributed by atoms with Gasteiger partial charge in [0.1, 0.15) is 17.1 Å². The zero-order valence-electron chi connectivity index (χ0n) is 10.0. The molecule has 0 radical (unpaired) electrons. The van der Waals surface area contributed by atoms with Crippen LogP contribution in [0.25, 0.3) is 0 Å². The van der Waals surface area contributed by atoms with Crippen molar-refractivity contribution in [3.8, 4) is 11.5 Å². The van der Waals surface area contributed by atoms with Crippen LogP contribution in [0.4, 0.5) is 5.69 Å². The minimum Gasteiger partial charge on any atom is -0.478 e. The molecule has 0 aromatic heterocycles. The summed E-state index contributed by atoms with van der Waals surface area (Å²) in [6, 6.07) is 11.2. The standard InChI is InChI=1S/C14H13NO4/c15-10-5-6-11(14(17)18)13(7-10)19-12-4-2-1-3-9(12)8-16/h1-7,16H,8,15H2,(H,17,18). The number of ether oxygens (including phenoxy) is 1. The molecule has 5 heteroatoms. The fourth-order valence-electron chi connectivity index (χ4n) is 1.65. The molecule has 98 valence electrons. The normalized spacial score (nSPS) is 10.2. The average Bonchev–Trinajstić information content (AvgIpc) is 2.39. The molecule has 2 aromatic carbocycles. The average molecular weight is 259 g/mol. The number of rotatable bonds is 4. The van der Waals surface area contributed by atoms with Crippen LogP contribution in [0.5, 0.6) is 11.5 Å². The monoisotopic (exact) mass is 259 g/mol. The Bertz CT molecular complexity index is 610. The minimum atomic E-state index is -1.10. The van der Waals surface area contributed by atoms with Crippen LogP contribution in [0.3, 0.4) is 0 Å². The first-order valence-electron chi connectivity index (χ1n) is 5.61. The van der Waals surface area contributed by atoms with Crippen molar-refractivity contribution in [1.82, 2.24) is 0 Å². The second-order valence-electron chi connectivity index (χ2n) is 3.93. The fraction of sp³-hybridized carbons (Fsp3) is 0.0714. The Labute approximate surface area is 109 Å². The number of anilines is 1. The Morgan fingerprint density at radius 3 is 2.58 bits per heavy atom. The molecule has 5 nitrogen and oxygen atoms in total. The molecule has 0 aliphatic heterocycles. The highest BCUT2D eigenvalue weighted by Crippen LogP contribution is 2.29. The van der Waals surface area contributed by atoms with Crippen LogP contribution in [0, 0.1) is 0 Å². The highest BCUT2D eigenvalue weighted by atomic mass is 16.5. The lowest BCUT2D eigenvalue weighted by Crippen LogP contribution is -2.02. The van der Waals surface area contributed by atoms with Crippen molar-refractivity contribution in [2.75, 3.05) is 5.73 Å². The smallest absolute Gasteiger partial charge is 0.339 e. The number of carbonyl (C=O) groups is 1. The van der Waals surface area contributed by atoms with Gasteiger partial charge in [-0.05, 0) is 18.2 Å². The number of nitrogen functional groups attached to an aromatic ring is 1. The number of hydrogen-bond donors (Lipinski definition) is 3. The van der Waals surface area contributed by atoms with Crippen molar-refractivity contribution < 1.29 is 19.7 Å². The van der Waals surface area contributed by atoms with E-state index in [-0.39, 0.29) is 17.9 Å². The van der Waals surface area contributed by atoms with Crippen molar-refractivity contribution in [1.29, 1.82) is 0 Å². The highest BCUT2D eigenvalue weighted by molar-refractivity contribution is 5.91. The highest BCUT2D eigenvalue weighted by Gasteiger charge is 2.13. The van der Waals surface area contributed by atoms with Gasteiger partial charge in [0.25, 0.3) is 0 Å². The van der Waals surface area contributed by atoms with E-state index in [4.69, 9.17) is 15.6 Å². The lowest BCUT2D eigenvalue weighted by Gasteiger charge is -2.12. The summed E-state index contributed by atoms with van der Waals surface area (Å²) in [7, 11) is 0. The van der Waals surface area contributed by atoms with Gasteiger partial charge in [-0.2, -0.15) is 0 Å². The van der Waals surface area contributed by atoms with Crippen LogP contribution < -0.4 is 10.5 Å². The van der Waals surface area contributed by atoms with Gasteiger partial charge in [0.05, 0.1) is 6.61 Å². The Kier molecular flexibility index (Phi) is 3.68. The first kappa shape index (κ1) is 12.9. The summed E-state index contributed by atoms with van der Waals surface area (Å²) in [5, 5.41) is 18.3. The molecule has 0 unspecified atom stereocenters. The number of aliphatic hydroxyl groups excluding tert-OH is 1. The quantitative estimate of drug-likeness (QED) is 0.732. The molecule has 0 saturated heterocycles. The van der Waals surface area contributed by atoms with Gasteiger partial charge in [0.2, 0.25) is 0 Å². The van der Waals surface area contributed by atoms with Crippen molar-refractivity contribution >= 4 is 11.7 Å². The molecule has 0 aliphatic rings. The van der Waals surface area contributed by atoms with Crippen LogP contribution >= 0.6 is 0 Å². The van der Waals surface area contributed by atoms with Crippen molar-refractivity contribution in [3.63, 3.8) is 0 Å². The molecule has 19 heavy (non-hydrogen) atoms. The molecule has 0 aliphatic carbocycles. The van der Waals surface area contributed by atoms with E-state index in [2.05, 4.69) is 0 Å². The van der Waals surface area contributed by atoms with Crippen LogP contribution in [-0.4, -0.2) is 16.2 Å². The topological polar surface area (TPSA) is 92.8 Å². The number of aliphatic hydroxyl groups is 1. The van der Waals surface area contributed by atoms with Gasteiger partial charge in [-0.15, -0.1) is 0 Å². The number of carboxylic acid groups (broad SMARTS) is 1. The van der Waals surface area contributed by atoms with E-state index < -0.39 is 5.97 Å². The fourth-order valence-corrected chi connectivity index (χ4v) is 1.65. The zero-order valence-corrected chi connectivity index (χ0v) is 10.0. The van der Waals surface area contributed by atoms with E-state index in [0.717, 1.165) is 0 Å². The lowest BCUT2D eigenvalue weighted by molar-refractivity contribution is 0.0694. The molecule has 2 rings (SSSR count). The Morgan fingerprint density at radius 2 is 1.89 bits per heavy atom. The third-order valence-corrected chi connectivity index (χ3v) is 2.60. The maximum atomic E-state index is 11.1. The summed E-state index contributed by atoms with van der Waals surface area (Å²) in [5.41, 5.74) is 6.62. The molecule has 0 saturated carbocycles. The largest absolute Gasteiger partial charge is 0.478 e. The number of carboxylic acids is 1. The van der Waals surface area contributed by atoms with Gasteiger partial charge >= 0.3 is 5.97 Å². The summed E-state index contributed by atoms with van der Waals surface area (Å²) in [5.74, 6) is -0.553. The molecule has 0 amide bonds. The van der Waals surface area contributed by atoms with E-state index in [0.29, 0.717) is 17.0 Å². The molecule has 0 spiro atoms.